The molecule has 1 fully saturated rings. The van der Waals surface area contributed by atoms with Crippen molar-refractivity contribution in [2.24, 2.45) is 11.8 Å². The molecule has 2 N–H and O–H groups in total. The Kier molecular flexibility index (Phi) is 4.16. The predicted molar refractivity (Wildman–Crippen MR) is 70.1 cm³/mol. The molecule has 2 rings (SSSR count). The molecule has 4 nitrogen and oxygen atoms in total. The van der Waals surface area contributed by atoms with Gasteiger partial charge in [0, 0.05) is 18.8 Å². The maximum Gasteiger partial charge on any atom is 0.127 e. The number of nitrogens with zero attached hydrogens (tertiary/aromatic N) is 2. The Morgan fingerprint density at radius 2 is 2.22 bits per heavy atom. The minimum atomic E-state index is 0.275. The second-order valence-corrected chi connectivity index (χ2v) is 5.01. The van der Waals surface area contributed by atoms with Crippen LogP contribution in [-0.2, 0) is 0 Å². The Balaban J connectivity index is 1.98. The molecule has 0 bridgehead atoms. The first-order valence-corrected chi connectivity index (χ1v) is 6.46. The van der Waals surface area contributed by atoms with Gasteiger partial charge in [-0.25, -0.2) is 4.98 Å². The maximum absolute atomic E-state index is 9.27. The standard InChI is InChI=1S/C14H19N3O/c1-10-5-11(7-15)6-14(17-10)16-8-12-3-2-4-13(12)9-18/h5-6,12-13,18H,2-4,8-9H2,1H3,(H,16,17). The summed E-state index contributed by atoms with van der Waals surface area (Å²) in [5.41, 5.74) is 1.48. The molecule has 18 heavy (non-hydrogen) atoms. The monoisotopic (exact) mass is 245 g/mol. The number of nitrogens with one attached hydrogen (secondary N) is 1. The first-order valence-electron chi connectivity index (χ1n) is 6.46. The smallest absolute Gasteiger partial charge is 0.127 e. The van der Waals surface area contributed by atoms with E-state index in [9.17, 15) is 5.11 Å². The summed E-state index contributed by atoms with van der Waals surface area (Å²) in [7, 11) is 0. The van der Waals surface area contributed by atoms with Gasteiger partial charge >= 0.3 is 0 Å². The molecule has 0 spiro atoms. The van der Waals surface area contributed by atoms with Gasteiger partial charge in [0.05, 0.1) is 11.6 Å². The van der Waals surface area contributed by atoms with Crippen molar-refractivity contribution < 1.29 is 5.11 Å². The third-order valence-corrected chi connectivity index (χ3v) is 3.68. The van der Waals surface area contributed by atoms with E-state index in [2.05, 4.69) is 16.4 Å². The van der Waals surface area contributed by atoms with Crippen LogP contribution in [0.25, 0.3) is 0 Å². The molecule has 0 saturated heterocycles. The zero-order chi connectivity index (χ0) is 13.0. The fourth-order valence-corrected chi connectivity index (χ4v) is 2.68. The quantitative estimate of drug-likeness (QED) is 0.852. The van der Waals surface area contributed by atoms with Crippen LogP contribution in [0.15, 0.2) is 12.1 Å². The highest BCUT2D eigenvalue weighted by Gasteiger charge is 2.26. The third kappa shape index (κ3) is 2.99. The van der Waals surface area contributed by atoms with Crippen LogP contribution in [0, 0.1) is 30.1 Å². The molecular formula is C14H19N3O. The SMILES string of the molecule is Cc1cc(C#N)cc(NCC2CCCC2CO)n1. The molecule has 0 amide bonds. The lowest BCUT2D eigenvalue weighted by Crippen LogP contribution is -2.21. The van der Waals surface area contributed by atoms with Gasteiger partial charge in [0.2, 0.25) is 0 Å². The minimum Gasteiger partial charge on any atom is -0.396 e. The lowest BCUT2D eigenvalue weighted by atomic mass is 9.97. The van der Waals surface area contributed by atoms with Crippen LogP contribution >= 0.6 is 0 Å². The van der Waals surface area contributed by atoms with E-state index in [1.165, 1.54) is 6.42 Å². The Morgan fingerprint density at radius 1 is 1.44 bits per heavy atom. The van der Waals surface area contributed by atoms with Gasteiger partial charge in [-0.3, -0.25) is 0 Å². The van der Waals surface area contributed by atoms with Gasteiger partial charge in [0.15, 0.2) is 0 Å². The molecule has 0 aromatic carbocycles. The number of pyridine rings is 1. The highest BCUT2D eigenvalue weighted by molar-refractivity contribution is 5.44. The van der Waals surface area contributed by atoms with Crippen LogP contribution in [-0.4, -0.2) is 23.2 Å². The van der Waals surface area contributed by atoms with Gasteiger partial charge in [-0.15, -0.1) is 0 Å². The largest absolute Gasteiger partial charge is 0.396 e. The first-order chi connectivity index (χ1) is 8.72. The summed E-state index contributed by atoms with van der Waals surface area (Å²) in [4.78, 5) is 4.37. The predicted octanol–water partition coefficient (Wildman–Crippen LogP) is 2.08. The molecule has 1 aromatic rings. The fraction of sp³-hybridized carbons (Fsp3) is 0.571. The van der Waals surface area contributed by atoms with Crippen molar-refractivity contribution in [1.29, 1.82) is 5.26 Å². The van der Waals surface area contributed by atoms with E-state index in [1.54, 1.807) is 12.1 Å². The molecule has 0 aliphatic heterocycles. The van der Waals surface area contributed by atoms with E-state index in [1.807, 2.05) is 6.92 Å². The number of aromatic nitrogens is 1. The second kappa shape index (κ2) is 5.83. The molecule has 0 radical (unpaired) electrons. The van der Waals surface area contributed by atoms with Gasteiger partial charge in [0.25, 0.3) is 0 Å². The van der Waals surface area contributed by atoms with Crippen LogP contribution in [0.1, 0.15) is 30.5 Å². The number of hydrogen-bond donors (Lipinski definition) is 2. The van der Waals surface area contributed by atoms with Crippen LogP contribution in [0.3, 0.4) is 0 Å². The first kappa shape index (κ1) is 12.8. The number of hydrogen-bond acceptors (Lipinski definition) is 4. The van der Waals surface area contributed by atoms with Gasteiger partial charge in [0.1, 0.15) is 5.82 Å². The number of rotatable bonds is 4. The van der Waals surface area contributed by atoms with Crippen molar-refractivity contribution in [3.8, 4) is 6.07 Å². The topological polar surface area (TPSA) is 68.9 Å². The minimum absolute atomic E-state index is 0.275. The molecule has 1 heterocycles. The average Bonchev–Trinajstić information content (AvgIpc) is 2.83. The zero-order valence-electron chi connectivity index (χ0n) is 10.7. The van der Waals surface area contributed by atoms with Gasteiger partial charge < -0.3 is 10.4 Å². The summed E-state index contributed by atoms with van der Waals surface area (Å²) in [5.74, 6) is 1.69. The van der Waals surface area contributed by atoms with Crippen molar-refractivity contribution in [3.05, 3.63) is 23.4 Å². The molecule has 2 unspecified atom stereocenters. The molecule has 4 heteroatoms. The fourth-order valence-electron chi connectivity index (χ4n) is 2.68. The molecule has 1 aliphatic carbocycles. The van der Waals surface area contributed by atoms with Crippen LogP contribution in [0.5, 0.6) is 0 Å². The molecule has 96 valence electrons. The van der Waals surface area contributed by atoms with E-state index in [4.69, 9.17) is 5.26 Å². The molecule has 1 aromatic heterocycles. The van der Waals surface area contributed by atoms with E-state index in [0.717, 1.165) is 30.9 Å². The Labute approximate surface area is 108 Å². The highest BCUT2D eigenvalue weighted by atomic mass is 16.3. The number of nitriles is 1. The number of aryl methyl sites for hydroxylation is 1. The van der Waals surface area contributed by atoms with Gasteiger partial charge in [-0.05, 0) is 43.7 Å². The van der Waals surface area contributed by atoms with E-state index >= 15 is 0 Å². The Bertz CT molecular complexity index is 453. The second-order valence-electron chi connectivity index (χ2n) is 5.01. The molecular weight excluding hydrogens is 226 g/mol. The van der Waals surface area contributed by atoms with Gasteiger partial charge in [-0.1, -0.05) is 6.42 Å². The Morgan fingerprint density at radius 3 is 2.94 bits per heavy atom. The number of anilines is 1. The molecule has 1 aliphatic rings. The number of aliphatic hydroxyl groups excluding tert-OH is 1. The number of aliphatic hydroxyl groups is 1. The lowest BCUT2D eigenvalue weighted by Gasteiger charge is -2.18. The van der Waals surface area contributed by atoms with Crippen molar-refractivity contribution in [3.63, 3.8) is 0 Å². The molecule has 1 saturated carbocycles. The summed E-state index contributed by atoms with van der Waals surface area (Å²) < 4.78 is 0. The van der Waals surface area contributed by atoms with Crippen LogP contribution < -0.4 is 5.32 Å². The summed E-state index contributed by atoms with van der Waals surface area (Å²) >= 11 is 0. The van der Waals surface area contributed by atoms with Crippen LogP contribution in [0.2, 0.25) is 0 Å². The van der Waals surface area contributed by atoms with E-state index in [0.29, 0.717) is 17.4 Å². The van der Waals surface area contributed by atoms with Gasteiger partial charge in [-0.2, -0.15) is 5.26 Å². The van der Waals surface area contributed by atoms with Crippen molar-refractivity contribution in [1.82, 2.24) is 4.98 Å². The normalized spacial score (nSPS) is 22.7. The summed E-state index contributed by atoms with van der Waals surface area (Å²) in [6.07, 6.45) is 3.48. The zero-order valence-corrected chi connectivity index (χ0v) is 10.7. The summed E-state index contributed by atoms with van der Waals surface area (Å²) in [6.45, 7) is 2.99. The molecule has 2 atom stereocenters. The van der Waals surface area contributed by atoms with E-state index < -0.39 is 0 Å². The third-order valence-electron chi connectivity index (χ3n) is 3.68. The summed E-state index contributed by atoms with van der Waals surface area (Å²) in [5, 5.41) is 21.5. The van der Waals surface area contributed by atoms with Crippen LogP contribution in [0.4, 0.5) is 5.82 Å². The average molecular weight is 245 g/mol. The van der Waals surface area contributed by atoms with Crippen molar-refractivity contribution in [2.75, 3.05) is 18.5 Å². The lowest BCUT2D eigenvalue weighted by molar-refractivity contribution is 0.199. The van der Waals surface area contributed by atoms with Crippen molar-refractivity contribution in [2.45, 2.75) is 26.2 Å². The Hall–Kier alpha value is -1.60. The van der Waals surface area contributed by atoms with E-state index in [-0.39, 0.29) is 6.61 Å². The maximum atomic E-state index is 9.27. The summed E-state index contributed by atoms with van der Waals surface area (Å²) in [6, 6.07) is 5.68. The highest BCUT2D eigenvalue weighted by Crippen LogP contribution is 2.31. The van der Waals surface area contributed by atoms with Crippen molar-refractivity contribution >= 4 is 5.82 Å².